The van der Waals surface area contributed by atoms with E-state index in [4.69, 9.17) is 21.9 Å². The number of nitrogens with zero attached hydrogens (tertiary/aromatic N) is 1. The van der Waals surface area contributed by atoms with Crippen LogP contribution in [0.3, 0.4) is 0 Å². The summed E-state index contributed by atoms with van der Waals surface area (Å²) in [5, 5.41) is 4.66. The van der Waals surface area contributed by atoms with Crippen LogP contribution in [0.1, 0.15) is 51.2 Å². The van der Waals surface area contributed by atoms with E-state index < -0.39 is 0 Å². The van der Waals surface area contributed by atoms with Gasteiger partial charge < -0.3 is 10.3 Å². The van der Waals surface area contributed by atoms with E-state index >= 15 is 0 Å². The summed E-state index contributed by atoms with van der Waals surface area (Å²) in [6, 6.07) is 7.67. The number of hydrogen-bond donors (Lipinski definition) is 1. The SMILES string of the molecule is CCCC(CCC)c1onc(N)c1-c1cccc(Cl)c1. The Morgan fingerprint density at radius 1 is 1.25 bits per heavy atom. The summed E-state index contributed by atoms with van der Waals surface area (Å²) in [6.45, 7) is 4.36. The molecule has 0 aliphatic heterocycles. The smallest absolute Gasteiger partial charge is 0.175 e. The van der Waals surface area contributed by atoms with Crippen molar-refractivity contribution in [2.75, 3.05) is 5.73 Å². The third-order valence-electron chi connectivity index (χ3n) is 3.50. The molecule has 0 fully saturated rings. The molecule has 0 unspecified atom stereocenters. The first-order valence-electron chi connectivity index (χ1n) is 7.18. The van der Waals surface area contributed by atoms with Crippen molar-refractivity contribution in [2.45, 2.75) is 45.4 Å². The van der Waals surface area contributed by atoms with Crippen LogP contribution in [-0.2, 0) is 0 Å². The van der Waals surface area contributed by atoms with Crippen molar-refractivity contribution in [2.24, 2.45) is 0 Å². The minimum Gasteiger partial charge on any atom is -0.380 e. The molecular weight excluding hydrogens is 272 g/mol. The topological polar surface area (TPSA) is 52.0 Å². The molecule has 2 N–H and O–H groups in total. The number of anilines is 1. The predicted octanol–water partition coefficient (Wildman–Crippen LogP) is 5.26. The number of rotatable bonds is 6. The third kappa shape index (κ3) is 3.15. The minimum atomic E-state index is 0.365. The van der Waals surface area contributed by atoms with Crippen LogP contribution in [-0.4, -0.2) is 5.16 Å². The molecular formula is C16H21ClN2O. The van der Waals surface area contributed by atoms with Crippen molar-refractivity contribution in [3.8, 4) is 11.1 Å². The maximum Gasteiger partial charge on any atom is 0.175 e. The lowest BCUT2D eigenvalue weighted by molar-refractivity contribution is 0.346. The highest BCUT2D eigenvalue weighted by Gasteiger charge is 2.23. The monoisotopic (exact) mass is 292 g/mol. The van der Waals surface area contributed by atoms with Crippen LogP contribution in [0.5, 0.6) is 0 Å². The molecule has 108 valence electrons. The number of benzene rings is 1. The zero-order valence-corrected chi connectivity index (χ0v) is 12.8. The average Bonchev–Trinajstić information content (AvgIpc) is 2.80. The van der Waals surface area contributed by atoms with Gasteiger partial charge in [-0.25, -0.2) is 0 Å². The van der Waals surface area contributed by atoms with Gasteiger partial charge in [-0.1, -0.05) is 55.6 Å². The van der Waals surface area contributed by atoms with Crippen LogP contribution in [0, 0.1) is 0 Å². The molecule has 0 aliphatic rings. The Morgan fingerprint density at radius 2 is 1.95 bits per heavy atom. The Hall–Kier alpha value is -1.48. The first kappa shape index (κ1) is 14.9. The van der Waals surface area contributed by atoms with Gasteiger partial charge in [0.05, 0.1) is 5.56 Å². The predicted molar refractivity (Wildman–Crippen MR) is 83.9 cm³/mol. The van der Waals surface area contributed by atoms with Gasteiger partial charge in [0.2, 0.25) is 0 Å². The fourth-order valence-electron chi connectivity index (χ4n) is 2.63. The molecule has 20 heavy (non-hydrogen) atoms. The summed E-state index contributed by atoms with van der Waals surface area (Å²) in [6.07, 6.45) is 4.38. The highest BCUT2D eigenvalue weighted by atomic mass is 35.5. The molecule has 1 aromatic heterocycles. The van der Waals surface area contributed by atoms with E-state index in [2.05, 4.69) is 19.0 Å². The maximum atomic E-state index is 6.08. The van der Waals surface area contributed by atoms with Crippen LogP contribution < -0.4 is 5.73 Å². The van der Waals surface area contributed by atoms with Crippen molar-refractivity contribution >= 4 is 17.4 Å². The first-order chi connectivity index (χ1) is 9.67. The molecule has 0 aliphatic carbocycles. The molecule has 0 spiro atoms. The molecule has 3 nitrogen and oxygen atoms in total. The number of nitrogen functional groups attached to an aromatic ring is 1. The van der Waals surface area contributed by atoms with Crippen molar-refractivity contribution < 1.29 is 4.52 Å². The summed E-state index contributed by atoms with van der Waals surface area (Å²) >= 11 is 6.08. The van der Waals surface area contributed by atoms with Gasteiger partial charge in [-0.05, 0) is 30.5 Å². The second kappa shape index (κ2) is 6.80. The van der Waals surface area contributed by atoms with Gasteiger partial charge in [0.1, 0.15) is 5.76 Å². The Morgan fingerprint density at radius 3 is 2.55 bits per heavy atom. The summed E-state index contributed by atoms with van der Waals surface area (Å²) in [5.74, 6) is 1.71. The molecule has 0 bridgehead atoms. The van der Waals surface area contributed by atoms with Gasteiger partial charge in [-0.3, -0.25) is 0 Å². The Kier molecular flexibility index (Phi) is 5.07. The number of nitrogens with two attached hydrogens (primary N) is 1. The van der Waals surface area contributed by atoms with E-state index in [9.17, 15) is 0 Å². The Balaban J connectivity index is 2.45. The standard InChI is InChI=1S/C16H21ClN2O/c1-3-6-11(7-4-2)15-14(16(18)19-20-15)12-8-5-9-13(17)10-12/h5,8-11H,3-4,6-7H2,1-2H3,(H2,18,19). The summed E-state index contributed by atoms with van der Waals surface area (Å²) in [7, 11) is 0. The molecule has 1 heterocycles. The van der Waals surface area contributed by atoms with Gasteiger partial charge in [0, 0.05) is 10.9 Å². The van der Waals surface area contributed by atoms with E-state index in [0.29, 0.717) is 16.8 Å². The second-order valence-corrected chi connectivity index (χ2v) is 5.53. The minimum absolute atomic E-state index is 0.365. The molecule has 0 atom stereocenters. The van der Waals surface area contributed by atoms with E-state index in [0.717, 1.165) is 42.6 Å². The number of hydrogen-bond acceptors (Lipinski definition) is 3. The van der Waals surface area contributed by atoms with Gasteiger partial charge in [0.25, 0.3) is 0 Å². The maximum absolute atomic E-state index is 6.08. The van der Waals surface area contributed by atoms with Gasteiger partial charge in [0.15, 0.2) is 5.82 Å². The molecule has 4 heteroatoms. The lowest BCUT2D eigenvalue weighted by atomic mass is 9.91. The van der Waals surface area contributed by atoms with Gasteiger partial charge in [-0.15, -0.1) is 0 Å². The van der Waals surface area contributed by atoms with Crippen molar-refractivity contribution in [3.63, 3.8) is 0 Å². The summed E-state index contributed by atoms with van der Waals surface area (Å²) in [4.78, 5) is 0. The van der Waals surface area contributed by atoms with E-state index in [1.165, 1.54) is 0 Å². The number of halogens is 1. The van der Waals surface area contributed by atoms with E-state index in [-0.39, 0.29) is 0 Å². The molecule has 0 radical (unpaired) electrons. The van der Waals surface area contributed by atoms with Crippen molar-refractivity contribution in [3.05, 3.63) is 35.0 Å². The third-order valence-corrected chi connectivity index (χ3v) is 3.74. The van der Waals surface area contributed by atoms with Crippen LogP contribution in [0.25, 0.3) is 11.1 Å². The summed E-state index contributed by atoms with van der Waals surface area (Å²) in [5.41, 5.74) is 7.88. The molecule has 2 aromatic rings. The zero-order chi connectivity index (χ0) is 14.5. The molecule has 0 saturated carbocycles. The van der Waals surface area contributed by atoms with Crippen LogP contribution >= 0.6 is 11.6 Å². The zero-order valence-electron chi connectivity index (χ0n) is 12.0. The lowest BCUT2D eigenvalue weighted by Gasteiger charge is -2.14. The largest absolute Gasteiger partial charge is 0.380 e. The van der Waals surface area contributed by atoms with Crippen LogP contribution in [0.15, 0.2) is 28.8 Å². The first-order valence-corrected chi connectivity index (χ1v) is 7.56. The molecule has 0 amide bonds. The second-order valence-electron chi connectivity index (χ2n) is 5.09. The normalized spacial score (nSPS) is 11.2. The van der Waals surface area contributed by atoms with Crippen LogP contribution in [0.4, 0.5) is 5.82 Å². The van der Waals surface area contributed by atoms with Crippen molar-refractivity contribution in [1.29, 1.82) is 0 Å². The summed E-state index contributed by atoms with van der Waals surface area (Å²) < 4.78 is 5.54. The molecule has 1 aromatic carbocycles. The Bertz CT molecular complexity index is 559. The van der Waals surface area contributed by atoms with Crippen LogP contribution in [0.2, 0.25) is 5.02 Å². The van der Waals surface area contributed by atoms with Gasteiger partial charge in [-0.2, -0.15) is 0 Å². The lowest BCUT2D eigenvalue weighted by Crippen LogP contribution is -1.99. The number of aromatic nitrogens is 1. The fourth-order valence-corrected chi connectivity index (χ4v) is 2.82. The van der Waals surface area contributed by atoms with E-state index in [1.54, 1.807) is 0 Å². The highest BCUT2D eigenvalue weighted by Crippen LogP contribution is 2.38. The van der Waals surface area contributed by atoms with Crippen molar-refractivity contribution in [1.82, 2.24) is 5.16 Å². The molecule has 0 saturated heterocycles. The Labute approximate surface area is 125 Å². The quantitative estimate of drug-likeness (QED) is 0.790. The molecule has 2 rings (SSSR count). The highest BCUT2D eigenvalue weighted by molar-refractivity contribution is 6.30. The van der Waals surface area contributed by atoms with E-state index in [1.807, 2.05) is 24.3 Å². The fraction of sp³-hybridized carbons (Fsp3) is 0.438. The van der Waals surface area contributed by atoms with Gasteiger partial charge >= 0.3 is 0 Å². The average molecular weight is 293 g/mol.